The third kappa shape index (κ3) is 2.03. The fourth-order valence-corrected chi connectivity index (χ4v) is 9.39. The maximum atomic E-state index is 10.2. The van der Waals surface area contributed by atoms with Crippen LogP contribution in [-0.2, 0) is 0 Å². The van der Waals surface area contributed by atoms with Gasteiger partial charge in [-0.2, -0.15) is 0 Å². The predicted molar refractivity (Wildman–Crippen MR) is 98.6 cm³/mol. The quantitative estimate of drug-likeness (QED) is 0.594. The van der Waals surface area contributed by atoms with E-state index in [-0.39, 0.29) is 6.10 Å². The Labute approximate surface area is 149 Å². The van der Waals surface area contributed by atoms with Gasteiger partial charge < -0.3 is 5.11 Å². The van der Waals surface area contributed by atoms with Crippen LogP contribution in [0.2, 0.25) is 0 Å². The van der Waals surface area contributed by atoms with Crippen molar-refractivity contribution in [3.63, 3.8) is 0 Å². The van der Waals surface area contributed by atoms with E-state index in [4.69, 9.17) is 0 Å². The van der Waals surface area contributed by atoms with Gasteiger partial charge in [0, 0.05) is 0 Å². The molecule has 1 N–H and O–H groups in total. The topological polar surface area (TPSA) is 20.2 Å². The van der Waals surface area contributed by atoms with Crippen LogP contribution in [-0.4, -0.2) is 11.2 Å². The molecule has 1 spiro atoms. The maximum Gasteiger partial charge on any atom is 0.0543 e. The maximum absolute atomic E-state index is 10.2. The van der Waals surface area contributed by atoms with Crippen molar-refractivity contribution in [2.75, 3.05) is 0 Å². The molecular formula is C23H38O. The zero-order valence-electron chi connectivity index (χ0n) is 16.0. The number of aliphatic hydroxyl groups excluding tert-OH is 1. The molecule has 5 aliphatic carbocycles. The molecule has 9 atom stereocenters. The Bertz CT molecular complexity index is 500. The summed E-state index contributed by atoms with van der Waals surface area (Å²) in [4.78, 5) is 0. The summed E-state index contributed by atoms with van der Waals surface area (Å²) in [5.74, 6) is 5.96. The van der Waals surface area contributed by atoms with E-state index in [1.54, 1.807) is 25.7 Å². The molecule has 0 aliphatic heterocycles. The fourth-order valence-electron chi connectivity index (χ4n) is 9.39. The van der Waals surface area contributed by atoms with E-state index < -0.39 is 0 Å². The molecule has 5 aliphatic rings. The lowest BCUT2D eigenvalue weighted by Gasteiger charge is -2.62. The van der Waals surface area contributed by atoms with Gasteiger partial charge in [-0.05, 0) is 111 Å². The van der Waals surface area contributed by atoms with Crippen molar-refractivity contribution in [1.29, 1.82) is 0 Å². The highest BCUT2D eigenvalue weighted by Crippen LogP contribution is 2.70. The van der Waals surface area contributed by atoms with Crippen molar-refractivity contribution in [2.45, 2.75) is 97.0 Å². The van der Waals surface area contributed by atoms with Gasteiger partial charge >= 0.3 is 0 Å². The largest absolute Gasteiger partial charge is 0.393 e. The molecule has 0 amide bonds. The van der Waals surface area contributed by atoms with Gasteiger partial charge in [-0.3, -0.25) is 0 Å². The molecule has 0 aromatic carbocycles. The smallest absolute Gasteiger partial charge is 0.0543 e. The van der Waals surface area contributed by atoms with Gasteiger partial charge in [0.25, 0.3) is 0 Å². The van der Waals surface area contributed by atoms with Gasteiger partial charge in [-0.15, -0.1) is 0 Å². The minimum atomic E-state index is 0.00427. The summed E-state index contributed by atoms with van der Waals surface area (Å²) in [6, 6.07) is 0. The highest BCUT2D eigenvalue weighted by molar-refractivity contribution is 5.11. The van der Waals surface area contributed by atoms with E-state index in [0.29, 0.717) is 5.41 Å². The molecule has 5 rings (SSSR count). The van der Waals surface area contributed by atoms with Crippen LogP contribution in [0, 0.1) is 46.3 Å². The summed E-state index contributed by atoms with van der Waals surface area (Å²) in [5, 5.41) is 10.2. The van der Waals surface area contributed by atoms with Gasteiger partial charge in [0.15, 0.2) is 0 Å². The third-order valence-electron chi connectivity index (χ3n) is 10.4. The molecule has 24 heavy (non-hydrogen) atoms. The van der Waals surface area contributed by atoms with Gasteiger partial charge in [0.2, 0.25) is 0 Å². The monoisotopic (exact) mass is 330 g/mol. The normalized spacial score (nSPS) is 59.9. The Morgan fingerprint density at radius 3 is 2.50 bits per heavy atom. The molecule has 0 heterocycles. The molecular weight excluding hydrogens is 292 g/mol. The van der Waals surface area contributed by atoms with Crippen LogP contribution < -0.4 is 0 Å². The van der Waals surface area contributed by atoms with E-state index in [9.17, 15) is 5.11 Å². The standard InChI is InChI=1S/C23H38O/c1-15-4-3-11-23-13-10-20-18(21(23)8-7-19(15)23)6-5-16-14-17(24)9-12-22(16,20)2/h15-21,24H,3-14H2,1-2H3/t15-,16-,17+,18?,19+,20?,21?,22-,23+/m0/s1. The Hall–Kier alpha value is -0.0400. The van der Waals surface area contributed by atoms with Crippen LogP contribution in [0.3, 0.4) is 0 Å². The molecule has 5 saturated carbocycles. The number of hydrogen-bond donors (Lipinski definition) is 1. The number of rotatable bonds is 0. The second-order valence-corrected chi connectivity index (χ2v) is 10.9. The van der Waals surface area contributed by atoms with Crippen molar-refractivity contribution in [1.82, 2.24) is 0 Å². The summed E-state index contributed by atoms with van der Waals surface area (Å²) >= 11 is 0. The minimum Gasteiger partial charge on any atom is -0.393 e. The second kappa shape index (κ2) is 5.48. The van der Waals surface area contributed by atoms with Crippen LogP contribution in [0.5, 0.6) is 0 Å². The average molecular weight is 331 g/mol. The molecule has 5 fully saturated rings. The Balaban J connectivity index is 1.45. The van der Waals surface area contributed by atoms with Gasteiger partial charge in [0.1, 0.15) is 0 Å². The van der Waals surface area contributed by atoms with Crippen LogP contribution in [0.1, 0.15) is 90.9 Å². The lowest BCUT2D eigenvalue weighted by atomic mass is 9.43. The summed E-state index contributed by atoms with van der Waals surface area (Å²) in [7, 11) is 0. The highest BCUT2D eigenvalue weighted by Gasteiger charge is 2.62. The zero-order chi connectivity index (χ0) is 16.5. The summed E-state index contributed by atoms with van der Waals surface area (Å²) in [6.45, 7) is 5.20. The first-order chi connectivity index (χ1) is 11.5. The summed E-state index contributed by atoms with van der Waals surface area (Å²) < 4.78 is 0. The molecule has 0 saturated heterocycles. The van der Waals surface area contributed by atoms with Crippen molar-refractivity contribution in [2.24, 2.45) is 46.3 Å². The Kier molecular flexibility index (Phi) is 3.69. The van der Waals surface area contributed by atoms with Gasteiger partial charge in [0.05, 0.1) is 6.10 Å². The predicted octanol–water partition coefficient (Wildman–Crippen LogP) is 5.81. The molecule has 0 bridgehead atoms. The Morgan fingerprint density at radius 1 is 0.792 bits per heavy atom. The molecule has 136 valence electrons. The molecule has 1 heteroatoms. The van der Waals surface area contributed by atoms with Gasteiger partial charge in [-0.25, -0.2) is 0 Å². The molecule has 0 aromatic rings. The summed E-state index contributed by atoms with van der Waals surface area (Å²) in [5.41, 5.74) is 1.32. The van der Waals surface area contributed by atoms with E-state index in [1.165, 1.54) is 38.5 Å². The van der Waals surface area contributed by atoms with E-state index in [1.807, 2.05) is 0 Å². The molecule has 3 unspecified atom stereocenters. The molecule has 0 radical (unpaired) electrons. The second-order valence-electron chi connectivity index (χ2n) is 10.9. The lowest BCUT2D eigenvalue weighted by Crippen LogP contribution is -2.55. The van der Waals surface area contributed by atoms with Crippen LogP contribution in [0.15, 0.2) is 0 Å². The van der Waals surface area contributed by atoms with E-state index in [2.05, 4.69) is 13.8 Å². The van der Waals surface area contributed by atoms with Crippen molar-refractivity contribution < 1.29 is 5.11 Å². The number of fused-ring (bicyclic) bond motifs is 4. The highest BCUT2D eigenvalue weighted by atomic mass is 16.3. The van der Waals surface area contributed by atoms with Crippen LogP contribution >= 0.6 is 0 Å². The SMILES string of the molecule is C[C@H]1CCC[C@]23CCC4C(CC[C@H]5C[C@H](O)CC[C@]45C)C2CC[C@H]13. The number of hydrogen-bond acceptors (Lipinski definition) is 1. The average Bonchev–Trinajstić information content (AvgIpc) is 2.96. The first-order valence-corrected chi connectivity index (χ1v) is 11.2. The molecule has 1 nitrogen and oxygen atoms in total. The minimum absolute atomic E-state index is 0.00427. The van der Waals surface area contributed by atoms with Crippen molar-refractivity contribution in [3.05, 3.63) is 0 Å². The van der Waals surface area contributed by atoms with Crippen molar-refractivity contribution >= 4 is 0 Å². The first kappa shape index (κ1) is 16.2. The fraction of sp³-hybridized carbons (Fsp3) is 1.00. The Morgan fingerprint density at radius 2 is 1.62 bits per heavy atom. The van der Waals surface area contributed by atoms with E-state index >= 15 is 0 Å². The molecule has 0 aromatic heterocycles. The van der Waals surface area contributed by atoms with Crippen LogP contribution in [0.4, 0.5) is 0 Å². The third-order valence-corrected chi connectivity index (χ3v) is 10.4. The van der Waals surface area contributed by atoms with Crippen LogP contribution in [0.25, 0.3) is 0 Å². The van der Waals surface area contributed by atoms with Crippen molar-refractivity contribution in [3.8, 4) is 0 Å². The number of aliphatic hydroxyl groups is 1. The van der Waals surface area contributed by atoms with E-state index in [0.717, 1.165) is 53.8 Å². The first-order valence-electron chi connectivity index (χ1n) is 11.2. The summed E-state index contributed by atoms with van der Waals surface area (Å²) in [6.07, 6.45) is 17.2. The lowest BCUT2D eigenvalue weighted by molar-refractivity contribution is -0.140. The van der Waals surface area contributed by atoms with Gasteiger partial charge in [-0.1, -0.05) is 26.7 Å². The zero-order valence-corrected chi connectivity index (χ0v) is 16.0.